The number of hydrogen-bond donors (Lipinski definition) is 1. The largest absolute Gasteiger partial charge is 0.397 e. The van der Waals surface area contributed by atoms with Crippen LogP contribution >= 0.6 is 31.9 Å². The summed E-state index contributed by atoms with van der Waals surface area (Å²) in [6.45, 7) is 0.657. The highest BCUT2D eigenvalue weighted by Crippen LogP contribution is 2.27. The van der Waals surface area contributed by atoms with Crippen LogP contribution in [0.15, 0.2) is 45.3 Å². The van der Waals surface area contributed by atoms with Gasteiger partial charge in [0.15, 0.2) is 0 Å². The maximum absolute atomic E-state index is 13.2. The van der Waals surface area contributed by atoms with Gasteiger partial charge in [0, 0.05) is 18.1 Å². The van der Waals surface area contributed by atoms with Crippen LogP contribution in [-0.2, 0) is 6.54 Å². The summed E-state index contributed by atoms with van der Waals surface area (Å²) in [6, 6.07) is 10.8. The van der Waals surface area contributed by atoms with Gasteiger partial charge in [0.05, 0.1) is 15.8 Å². The van der Waals surface area contributed by atoms with Crippen LogP contribution < -0.4 is 10.6 Å². The first-order valence-corrected chi connectivity index (χ1v) is 7.26. The third-order valence-corrected chi connectivity index (χ3v) is 3.91. The number of halogens is 3. The minimum absolute atomic E-state index is 0.255. The number of benzene rings is 2. The maximum Gasteiger partial charge on any atom is 0.137 e. The summed E-state index contributed by atoms with van der Waals surface area (Å²) in [5.74, 6) is -0.255. The summed E-state index contributed by atoms with van der Waals surface area (Å²) in [6.07, 6.45) is 0. The molecule has 2 nitrogen and oxygen atoms in total. The Morgan fingerprint density at radius 2 is 1.89 bits per heavy atom. The van der Waals surface area contributed by atoms with Crippen LogP contribution in [0.1, 0.15) is 5.56 Å². The Bertz CT molecular complexity index is 602. The molecule has 2 aromatic carbocycles. The topological polar surface area (TPSA) is 29.3 Å². The Balaban J connectivity index is 2.20. The van der Waals surface area contributed by atoms with E-state index in [1.165, 1.54) is 6.07 Å². The minimum atomic E-state index is -0.255. The predicted molar refractivity (Wildman–Crippen MR) is 84.8 cm³/mol. The molecule has 5 heteroatoms. The molecule has 0 unspecified atom stereocenters. The van der Waals surface area contributed by atoms with Gasteiger partial charge < -0.3 is 10.6 Å². The van der Waals surface area contributed by atoms with Crippen molar-refractivity contribution in [1.29, 1.82) is 0 Å². The Kier molecular flexibility index (Phi) is 4.47. The molecule has 0 aliphatic carbocycles. The lowest BCUT2D eigenvalue weighted by Gasteiger charge is -2.21. The molecule has 100 valence electrons. The quantitative estimate of drug-likeness (QED) is 0.781. The van der Waals surface area contributed by atoms with Crippen molar-refractivity contribution in [3.05, 3.63) is 56.7 Å². The van der Waals surface area contributed by atoms with Crippen molar-refractivity contribution in [3.8, 4) is 0 Å². The first-order valence-electron chi connectivity index (χ1n) is 5.67. The fourth-order valence-electron chi connectivity index (χ4n) is 1.87. The molecule has 0 radical (unpaired) electrons. The number of hydrogen-bond acceptors (Lipinski definition) is 2. The van der Waals surface area contributed by atoms with Crippen LogP contribution in [0.4, 0.5) is 15.8 Å². The summed E-state index contributed by atoms with van der Waals surface area (Å²) >= 11 is 6.58. The average molecular weight is 388 g/mol. The summed E-state index contributed by atoms with van der Waals surface area (Å²) < 4.78 is 14.6. The van der Waals surface area contributed by atoms with E-state index in [1.54, 1.807) is 12.1 Å². The fraction of sp³-hybridized carbons (Fsp3) is 0.143. The van der Waals surface area contributed by atoms with E-state index in [0.29, 0.717) is 16.7 Å². The molecular weight excluding hydrogens is 375 g/mol. The van der Waals surface area contributed by atoms with Gasteiger partial charge in [0.25, 0.3) is 0 Å². The highest BCUT2D eigenvalue weighted by molar-refractivity contribution is 9.10. The summed E-state index contributed by atoms with van der Waals surface area (Å²) in [4.78, 5) is 2.03. The second-order valence-corrected chi connectivity index (χ2v) is 6.08. The Labute approximate surface area is 128 Å². The van der Waals surface area contributed by atoms with Gasteiger partial charge in [-0.15, -0.1) is 0 Å². The molecule has 0 aliphatic heterocycles. The third kappa shape index (κ3) is 3.48. The lowest BCUT2D eigenvalue weighted by atomic mass is 10.2. The molecule has 2 rings (SSSR count). The predicted octanol–water partition coefficient (Wildman–Crippen LogP) is 4.57. The molecule has 0 heterocycles. The third-order valence-electron chi connectivity index (χ3n) is 2.80. The SMILES string of the molecule is CN(Cc1ccc(F)c(Br)c1)c1ccc(Br)cc1N. The van der Waals surface area contributed by atoms with Crippen molar-refractivity contribution in [2.45, 2.75) is 6.54 Å². The number of nitrogen functional groups attached to an aromatic ring is 1. The first kappa shape index (κ1) is 14.3. The van der Waals surface area contributed by atoms with E-state index in [1.807, 2.05) is 30.1 Å². The van der Waals surface area contributed by atoms with Crippen LogP contribution in [0.25, 0.3) is 0 Å². The average Bonchev–Trinajstić information content (AvgIpc) is 2.33. The number of nitrogens with two attached hydrogens (primary N) is 1. The van der Waals surface area contributed by atoms with E-state index in [-0.39, 0.29) is 5.82 Å². The molecule has 0 spiro atoms. The first-order chi connectivity index (χ1) is 8.97. The minimum Gasteiger partial charge on any atom is -0.397 e. The van der Waals surface area contributed by atoms with Gasteiger partial charge in [-0.2, -0.15) is 0 Å². The highest BCUT2D eigenvalue weighted by atomic mass is 79.9. The van der Waals surface area contributed by atoms with Gasteiger partial charge in [-0.05, 0) is 51.8 Å². The lowest BCUT2D eigenvalue weighted by Crippen LogP contribution is -2.17. The Morgan fingerprint density at radius 3 is 2.53 bits per heavy atom. The molecule has 0 fully saturated rings. The summed E-state index contributed by atoms with van der Waals surface area (Å²) in [5, 5.41) is 0. The van der Waals surface area contributed by atoms with Crippen molar-refractivity contribution < 1.29 is 4.39 Å². The molecule has 0 aliphatic rings. The van der Waals surface area contributed by atoms with Crippen molar-refractivity contribution >= 4 is 43.2 Å². The van der Waals surface area contributed by atoms with E-state index in [4.69, 9.17) is 5.73 Å². The van der Waals surface area contributed by atoms with Gasteiger partial charge in [-0.1, -0.05) is 22.0 Å². The van der Waals surface area contributed by atoms with Gasteiger partial charge in [0.2, 0.25) is 0 Å². The summed E-state index contributed by atoms with van der Waals surface area (Å²) in [7, 11) is 1.96. The zero-order valence-electron chi connectivity index (χ0n) is 10.3. The molecule has 0 atom stereocenters. The zero-order valence-corrected chi connectivity index (χ0v) is 13.5. The fourth-order valence-corrected chi connectivity index (χ4v) is 2.68. The number of anilines is 2. The van der Waals surface area contributed by atoms with Gasteiger partial charge >= 0.3 is 0 Å². The van der Waals surface area contributed by atoms with Crippen LogP contribution in [0.5, 0.6) is 0 Å². The maximum atomic E-state index is 13.2. The standard InChI is InChI=1S/C14H13Br2FN2/c1-19(14-5-3-10(15)7-13(14)18)8-9-2-4-12(17)11(16)6-9/h2-7H,8,18H2,1H3. The van der Waals surface area contributed by atoms with E-state index in [9.17, 15) is 4.39 Å². The molecule has 0 amide bonds. The van der Waals surface area contributed by atoms with Crippen LogP contribution in [0.3, 0.4) is 0 Å². The van der Waals surface area contributed by atoms with E-state index < -0.39 is 0 Å². The van der Waals surface area contributed by atoms with Crippen molar-refractivity contribution in [2.75, 3.05) is 17.7 Å². The summed E-state index contributed by atoms with van der Waals surface area (Å²) in [5.41, 5.74) is 8.66. The van der Waals surface area contributed by atoms with Crippen LogP contribution in [0.2, 0.25) is 0 Å². The van der Waals surface area contributed by atoms with Crippen LogP contribution in [-0.4, -0.2) is 7.05 Å². The lowest BCUT2D eigenvalue weighted by molar-refractivity contribution is 0.620. The van der Waals surface area contributed by atoms with E-state index >= 15 is 0 Å². The Hall–Kier alpha value is -1.07. The zero-order chi connectivity index (χ0) is 14.0. The smallest absolute Gasteiger partial charge is 0.137 e. The van der Waals surface area contributed by atoms with Gasteiger partial charge in [0.1, 0.15) is 5.82 Å². The van der Waals surface area contributed by atoms with Crippen molar-refractivity contribution in [3.63, 3.8) is 0 Å². The number of nitrogens with zero attached hydrogens (tertiary/aromatic N) is 1. The van der Waals surface area contributed by atoms with Crippen LogP contribution in [0, 0.1) is 5.82 Å². The molecule has 19 heavy (non-hydrogen) atoms. The number of rotatable bonds is 3. The molecule has 2 N–H and O–H groups in total. The van der Waals surface area contributed by atoms with Gasteiger partial charge in [-0.3, -0.25) is 0 Å². The molecule has 0 bridgehead atoms. The Morgan fingerprint density at radius 1 is 1.16 bits per heavy atom. The normalized spacial score (nSPS) is 10.5. The molecule has 2 aromatic rings. The second-order valence-electron chi connectivity index (χ2n) is 4.31. The van der Waals surface area contributed by atoms with Crippen molar-refractivity contribution in [2.24, 2.45) is 0 Å². The molecule has 0 saturated carbocycles. The highest BCUT2D eigenvalue weighted by Gasteiger charge is 2.08. The van der Waals surface area contributed by atoms with E-state index in [0.717, 1.165) is 15.7 Å². The molecule has 0 saturated heterocycles. The van der Waals surface area contributed by atoms with Crippen molar-refractivity contribution in [1.82, 2.24) is 0 Å². The second kappa shape index (κ2) is 5.92. The molecular formula is C14H13Br2FN2. The van der Waals surface area contributed by atoms with E-state index in [2.05, 4.69) is 31.9 Å². The molecule has 0 aromatic heterocycles. The van der Waals surface area contributed by atoms with Gasteiger partial charge in [-0.25, -0.2) is 4.39 Å². The monoisotopic (exact) mass is 386 g/mol.